The van der Waals surface area contributed by atoms with Gasteiger partial charge in [-0.25, -0.2) is 0 Å². The van der Waals surface area contributed by atoms with E-state index >= 15 is 0 Å². The first-order valence-electron chi connectivity index (χ1n) is 3.97. The van der Waals surface area contributed by atoms with Crippen molar-refractivity contribution in [2.24, 2.45) is 0 Å². The molecule has 1 nitrogen and oxygen atoms in total. The predicted molar refractivity (Wildman–Crippen MR) is 64.5 cm³/mol. The summed E-state index contributed by atoms with van der Waals surface area (Å²) in [6.45, 7) is 7.00. The lowest BCUT2D eigenvalue weighted by Crippen LogP contribution is -2.25. The van der Waals surface area contributed by atoms with Crippen LogP contribution in [0.25, 0.3) is 0 Å². The number of hydrogen-bond acceptors (Lipinski definition) is 1. The Morgan fingerprint density at radius 1 is 1.08 bits per heavy atom. The summed E-state index contributed by atoms with van der Waals surface area (Å²) in [7, 11) is 0. The predicted octanol–water partition coefficient (Wildman–Crippen LogP) is 4.42. The van der Waals surface area contributed by atoms with Crippen molar-refractivity contribution < 1.29 is 4.74 Å². The molecule has 0 atom stereocenters. The van der Waals surface area contributed by atoms with Crippen LogP contribution in [-0.2, 0) is 4.74 Å². The quantitative estimate of drug-likeness (QED) is 0.669. The molecule has 0 aliphatic rings. The Morgan fingerprint density at radius 3 is 1.92 bits per heavy atom. The Balaban J connectivity index is 3.75. The highest BCUT2D eigenvalue weighted by Crippen LogP contribution is 2.39. The second-order valence-electron chi connectivity index (χ2n) is 3.31. The van der Waals surface area contributed by atoms with Crippen LogP contribution in [0.2, 0.25) is 0 Å². The molecule has 0 bridgehead atoms. The summed E-state index contributed by atoms with van der Waals surface area (Å²) >= 11 is 10.4. The van der Waals surface area contributed by atoms with Gasteiger partial charge in [0.05, 0.1) is 5.60 Å². The molecule has 0 rings (SSSR count). The minimum absolute atomic E-state index is 0.0324. The smallest absolute Gasteiger partial charge is 0.135 e. The summed E-state index contributed by atoms with van der Waals surface area (Å²) in [5.41, 5.74) is -0.0324. The first-order chi connectivity index (χ1) is 5.27. The summed E-state index contributed by atoms with van der Waals surface area (Å²) in [4.78, 5) is 0. The van der Waals surface area contributed by atoms with Crippen molar-refractivity contribution in [2.45, 2.75) is 41.4 Å². The van der Waals surface area contributed by atoms with E-state index in [0.29, 0.717) is 0 Å². The number of hydrogen-bond donors (Lipinski definition) is 0. The molecular weight excluding hydrogens is 352 g/mol. The molecule has 0 spiro atoms. The lowest BCUT2D eigenvalue weighted by molar-refractivity contribution is -0.0167. The number of ether oxygens (including phenoxy) is 1. The van der Waals surface area contributed by atoms with Crippen LogP contribution in [0.1, 0.15) is 33.6 Å². The van der Waals surface area contributed by atoms with E-state index < -0.39 is 0 Å². The molecule has 74 valence electrons. The van der Waals surface area contributed by atoms with Gasteiger partial charge in [-0.1, -0.05) is 47.8 Å². The lowest BCUT2D eigenvalue weighted by Gasteiger charge is -2.26. The third kappa shape index (κ3) is 8.02. The summed E-state index contributed by atoms with van der Waals surface area (Å²) in [5, 5.41) is 0. The topological polar surface area (TPSA) is 9.23 Å². The molecule has 0 saturated heterocycles. The zero-order valence-corrected chi connectivity index (χ0v) is 12.4. The van der Waals surface area contributed by atoms with E-state index in [1.54, 1.807) is 0 Å². The first-order valence-corrected chi connectivity index (χ1v) is 6.35. The van der Waals surface area contributed by atoms with Crippen molar-refractivity contribution in [3.8, 4) is 0 Å². The van der Waals surface area contributed by atoms with Gasteiger partial charge in [0, 0.05) is 6.61 Å². The Kier molecular flexibility index (Phi) is 5.94. The van der Waals surface area contributed by atoms with Crippen LogP contribution in [0.15, 0.2) is 0 Å². The maximum atomic E-state index is 5.56. The van der Waals surface area contributed by atoms with Crippen molar-refractivity contribution >= 4 is 47.8 Å². The van der Waals surface area contributed by atoms with E-state index in [1.807, 2.05) is 6.92 Å². The van der Waals surface area contributed by atoms with Gasteiger partial charge < -0.3 is 4.74 Å². The van der Waals surface area contributed by atoms with Crippen molar-refractivity contribution in [3.05, 3.63) is 0 Å². The monoisotopic (exact) mass is 364 g/mol. The van der Waals surface area contributed by atoms with Crippen molar-refractivity contribution in [1.29, 1.82) is 0 Å². The number of rotatable bonds is 4. The Labute approximate surface area is 100 Å². The minimum Gasteiger partial charge on any atom is -0.376 e. The molecule has 0 aliphatic carbocycles. The fraction of sp³-hybridized carbons (Fsp3) is 1.00. The van der Waals surface area contributed by atoms with Gasteiger partial charge in [0.25, 0.3) is 0 Å². The van der Waals surface area contributed by atoms with Gasteiger partial charge in [-0.05, 0) is 33.6 Å². The summed E-state index contributed by atoms with van der Waals surface area (Å²) < 4.78 is 5.42. The molecule has 0 N–H and O–H groups in total. The molecule has 0 aliphatic heterocycles. The van der Waals surface area contributed by atoms with Gasteiger partial charge in [-0.3, -0.25) is 0 Å². The first kappa shape index (κ1) is 13.4. The van der Waals surface area contributed by atoms with Crippen molar-refractivity contribution in [2.75, 3.05) is 6.61 Å². The average molecular weight is 367 g/mol. The maximum absolute atomic E-state index is 5.56. The average Bonchev–Trinajstić information content (AvgIpc) is 1.83. The molecule has 0 unspecified atom stereocenters. The van der Waals surface area contributed by atoms with Gasteiger partial charge in [0.2, 0.25) is 0 Å². The SMILES string of the molecule is CCOC(C)(C)CCC(Br)(Br)Br. The van der Waals surface area contributed by atoms with E-state index in [4.69, 9.17) is 4.74 Å². The zero-order valence-electron chi connectivity index (χ0n) is 7.66. The molecular formula is C8H15Br3O. The van der Waals surface area contributed by atoms with Crippen molar-refractivity contribution in [1.82, 2.24) is 0 Å². The van der Waals surface area contributed by atoms with Gasteiger partial charge in [0.15, 0.2) is 0 Å². The molecule has 0 aromatic carbocycles. The maximum Gasteiger partial charge on any atom is 0.135 e. The number of halogens is 3. The highest BCUT2D eigenvalue weighted by molar-refractivity contribution is 9.39. The Hall–Kier alpha value is 1.40. The molecule has 12 heavy (non-hydrogen) atoms. The highest BCUT2D eigenvalue weighted by atomic mass is 80.0. The normalized spacial score (nSPS) is 13.5. The minimum atomic E-state index is -0.138. The van der Waals surface area contributed by atoms with Gasteiger partial charge >= 0.3 is 0 Å². The largest absolute Gasteiger partial charge is 0.376 e. The summed E-state index contributed by atoms with van der Waals surface area (Å²) in [6, 6.07) is 0. The van der Waals surface area contributed by atoms with Crippen LogP contribution in [0.5, 0.6) is 0 Å². The molecule has 0 fully saturated rings. The lowest BCUT2D eigenvalue weighted by atomic mass is 10.0. The third-order valence-electron chi connectivity index (χ3n) is 1.55. The summed E-state index contributed by atoms with van der Waals surface area (Å²) in [6.07, 6.45) is 1.97. The van der Waals surface area contributed by atoms with Gasteiger partial charge in [-0.15, -0.1) is 0 Å². The van der Waals surface area contributed by atoms with E-state index in [9.17, 15) is 0 Å². The standard InChI is InChI=1S/C8H15Br3O/c1-4-12-7(2,3)5-6-8(9,10)11/h4-6H2,1-3H3. The molecule has 0 radical (unpaired) electrons. The molecule has 0 aromatic heterocycles. The molecule has 0 amide bonds. The van der Waals surface area contributed by atoms with E-state index in [0.717, 1.165) is 19.4 Å². The highest BCUT2D eigenvalue weighted by Gasteiger charge is 2.24. The van der Waals surface area contributed by atoms with Crippen LogP contribution in [-0.4, -0.2) is 14.4 Å². The Morgan fingerprint density at radius 2 is 1.58 bits per heavy atom. The second-order valence-corrected chi connectivity index (χ2v) is 10.6. The van der Waals surface area contributed by atoms with E-state index in [1.165, 1.54) is 0 Å². The fourth-order valence-corrected chi connectivity index (χ4v) is 1.50. The van der Waals surface area contributed by atoms with Gasteiger partial charge in [0.1, 0.15) is 2.14 Å². The molecule has 0 heterocycles. The van der Waals surface area contributed by atoms with Crippen LogP contribution in [0.4, 0.5) is 0 Å². The second kappa shape index (κ2) is 5.32. The molecule has 0 aromatic rings. The van der Waals surface area contributed by atoms with Crippen LogP contribution < -0.4 is 0 Å². The van der Waals surface area contributed by atoms with E-state index in [-0.39, 0.29) is 7.74 Å². The Bertz CT molecular complexity index is 129. The fourth-order valence-electron chi connectivity index (χ4n) is 0.906. The van der Waals surface area contributed by atoms with Crippen LogP contribution in [0, 0.1) is 0 Å². The van der Waals surface area contributed by atoms with Crippen molar-refractivity contribution in [3.63, 3.8) is 0 Å². The molecule has 4 heteroatoms. The third-order valence-corrected chi connectivity index (χ3v) is 2.74. The number of alkyl halides is 3. The summed E-state index contributed by atoms with van der Waals surface area (Å²) in [5.74, 6) is 0. The zero-order chi connectivity index (χ0) is 9.83. The van der Waals surface area contributed by atoms with Crippen LogP contribution >= 0.6 is 47.8 Å². The van der Waals surface area contributed by atoms with Gasteiger partial charge in [-0.2, -0.15) is 0 Å². The van der Waals surface area contributed by atoms with Crippen LogP contribution in [0.3, 0.4) is 0 Å². The molecule has 0 saturated carbocycles. The van der Waals surface area contributed by atoms with E-state index in [2.05, 4.69) is 61.6 Å².